The third-order valence-electron chi connectivity index (χ3n) is 15.0. The fourth-order valence-corrected chi connectivity index (χ4v) is 10.2. The van der Waals surface area contributed by atoms with Crippen molar-refractivity contribution in [2.45, 2.75) is 75.8 Å². The molecule has 5 saturated heterocycles. The van der Waals surface area contributed by atoms with Gasteiger partial charge in [0.2, 0.25) is 11.8 Å². The van der Waals surface area contributed by atoms with Gasteiger partial charge in [-0.25, -0.2) is 39.2 Å². The van der Waals surface area contributed by atoms with Gasteiger partial charge in [0.25, 0.3) is 11.8 Å². The van der Waals surface area contributed by atoms with Crippen LogP contribution in [0, 0.1) is 50.7 Å². The molecule has 4 aromatic rings. The molecule has 424 valence electrons. The van der Waals surface area contributed by atoms with Gasteiger partial charge in [0.15, 0.2) is 11.4 Å². The highest BCUT2D eigenvalue weighted by molar-refractivity contribution is 6.34. The smallest absolute Gasteiger partial charge is 0.473 e. The first-order chi connectivity index (χ1) is 38.6. The monoisotopic (exact) mass is 1140 g/mol. The lowest BCUT2D eigenvalue weighted by molar-refractivity contribution is -0.178. The van der Waals surface area contributed by atoms with Gasteiger partial charge in [-0.15, -0.1) is 0 Å². The Labute approximate surface area is 471 Å². The molecule has 4 unspecified atom stereocenters. The molecule has 26 heteroatoms. The average Bonchev–Trinajstić information content (AvgIpc) is 4.43. The molecule has 2 saturated carbocycles. The molecule has 7 aliphatic rings. The van der Waals surface area contributed by atoms with Crippen LogP contribution in [0.4, 0.5) is 44.0 Å². The van der Waals surface area contributed by atoms with Crippen molar-refractivity contribution in [1.29, 1.82) is 0 Å². The molecule has 11 rings (SSSR count). The Hall–Kier alpha value is -7.16. The fraction of sp³-hybridized carbons (Fsp3) is 0.519. The number of hydrogen-bond acceptors (Lipinski definition) is 20. The quantitative estimate of drug-likeness (QED) is 0.0577. The Morgan fingerprint density at radius 2 is 1.15 bits per heavy atom. The molecular weight excluding hydrogens is 1080 g/mol. The van der Waals surface area contributed by atoms with Crippen molar-refractivity contribution in [3.63, 3.8) is 0 Å². The van der Waals surface area contributed by atoms with Crippen LogP contribution in [0.5, 0.6) is 11.8 Å². The number of nitrogens with one attached hydrogen (secondary N) is 3. The molecule has 3 N–H and O–H groups in total. The molecule has 7 heterocycles. The Morgan fingerprint density at radius 1 is 0.700 bits per heavy atom. The number of rotatable bonds is 15. The first-order valence-electron chi connectivity index (χ1n) is 26.1. The number of hydrogen-bond donors (Lipinski definition) is 3. The summed E-state index contributed by atoms with van der Waals surface area (Å²) in [5, 5.41) is 11.2. The van der Waals surface area contributed by atoms with Crippen molar-refractivity contribution in [2.24, 2.45) is 23.7 Å². The van der Waals surface area contributed by atoms with E-state index >= 15 is 0 Å². The summed E-state index contributed by atoms with van der Waals surface area (Å²) in [6.07, 6.45) is 5.07. The summed E-state index contributed by atoms with van der Waals surface area (Å²) in [7, 11) is 3.19. The van der Waals surface area contributed by atoms with Crippen molar-refractivity contribution in [3.8, 4) is 11.8 Å². The largest absolute Gasteiger partial charge is 0.534 e. The number of piperidine rings is 2. The van der Waals surface area contributed by atoms with Crippen LogP contribution < -0.4 is 25.4 Å². The third kappa shape index (κ3) is 13.9. The average molecular weight is 1140 g/mol. The summed E-state index contributed by atoms with van der Waals surface area (Å²) in [6, 6.07) is 10.1. The van der Waals surface area contributed by atoms with E-state index in [0.717, 1.165) is 49.9 Å². The van der Waals surface area contributed by atoms with E-state index in [0.29, 0.717) is 113 Å². The highest BCUT2D eigenvalue weighted by Gasteiger charge is 2.48. The number of carbonyl (C=O) groups excluding carboxylic acids is 4. The number of likely N-dealkylation sites (tertiary alicyclic amines) is 1. The molecule has 24 nitrogen and oxygen atoms in total. The zero-order chi connectivity index (χ0) is 56.6. The Kier molecular flexibility index (Phi) is 18.4. The van der Waals surface area contributed by atoms with Crippen LogP contribution in [0.2, 0.25) is 10.0 Å². The lowest BCUT2D eigenvalue weighted by Gasteiger charge is -2.46. The molecule has 2 aromatic heterocycles. The molecule has 80 heavy (non-hydrogen) atoms. The van der Waals surface area contributed by atoms with Gasteiger partial charge in [0, 0.05) is 76.9 Å². The molecule has 3 amide bonds. The second-order valence-electron chi connectivity index (χ2n) is 20.5. The summed E-state index contributed by atoms with van der Waals surface area (Å²) in [5.74, 6) is 1.80. The summed E-state index contributed by atoms with van der Waals surface area (Å²) < 4.78 is 45.1. The number of fused-ring (bicyclic) bond motifs is 4. The van der Waals surface area contributed by atoms with Crippen molar-refractivity contribution in [3.05, 3.63) is 93.1 Å². The highest BCUT2D eigenvalue weighted by Crippen LogP contribution is 2.41. The second kappa shape index (κ2) is 25.5. The minimum atomic E-state index is -1.06. The molecule has 2 aliphatic carbocycles. The van der Waals surface area contributed by atoms with Crippen LogP contribution in [0.15, 0.2) is 49.1 Å². The number of anilines is 4. The Bertz CT molecular complexity index is 2980. The van der Waals surface area contributed by atoms with Gasteiger partial charge in [-0.3, -0.25) is 14.4 Å². The van der Waals surface area contributed by atoms with E-state index in [4.69, 9.17) is 74.2 Å². The lowest BCUT2D eigenvalue weighted by atomic mass is 9.84. The molecular formula is C54H61Cl2N11O13. The van der Waals surface area contributed by atoms with E-state index in [9.17, 15) is 19.2 Å². The number of carbonyl (C=O) groups is 4. The molecule has 5 aliphatic heterocycles. The summed E-state index contributed by atoms with van der Waals surface area (Å²) >= 11 is 12.6. The predicted octanol–water partition coefficient (Wildman–Crippen LogP) is 8.10. The highest BCUT2D eigenvalue weighted by atomic mass is 35.5. The van der Waals surface area contributed by atoms with Gasteiger partial charge < -0.3 is 58.7 Å². The first-order valence-corrected chi connectivity index (χ1v) is 26.8. The van der Waals surface area contributed by atoms with Crippen LogP contribution >= 0.6 is 23.2 Å². The van der Waals surface area contributed by atoms with E-state index < -0.39 is 23.6 Å². The number of imide groups is 1. The first kappa shape index (κ1) is 57.5. The maximum Gasteiger partial charge on any atom is 0.534 e. The van der Waals surface area contributed by atoms with E-state index in [1.807, 2.05) is 13.8 Å². The van der Waals surface area contributed by atoms with Crippen molar-refractivity contribution in [1.82, 2.24) is 35.2 Å². The van der Waals surface area contributed by atoms with Crippen molar-refractivity contribution >= 4 is 81.7 Å². The second-order valence-corrected chi connectivity index (χ2v) is 21.3. The zero-order valence-electron chi connectivity index (χ0n) is 44.5. The number of aromatic nitrogens is 4. The molecule has 4 bridgehead atoms. The van der Waals surface area contributed by atoms with Crippen molar-refractivity contribution < 1.29 is 61.9 Å². The van der Waals surface area contributed by atoms with Crippen LogP contribution in [0.25, 0.3) is 9.69 Å². The molecule has 0 spiro atoms. The number of amides is 3. The normalized spacial score (nSPS) is 23.5. The predicted molar refractivity (Wildman–Crippen MR) is 287 cm³/mol. The topological polar surface area (TPSA) is 254 Å². The minimum absolute atomic E-state index is 0.0104. The molecule has 0 radical (unpaired) electrons. The maximum atomic E-state index is 12.7. The van der Waals surface area contributed by atoms with E-state index in [1.54, 1.807) is 48.4 Å². The van der Waals surface area contributed by atoms with E-state index in [2.05, 4.69) is 50.4 Å². The number of benzene rings is 2. The number of halogens is 2. The summed E-state index contributed by atoms with van der Waals surface area (Å²) in [6.45, 7) is 23.5. The SMILES string of the molecule is COC1(COC(=O)ON2C(=O)CCC2=O)CC1.[C-]#[N+]c1ccc(Nc2ncnc(OC3C4CNCC3COC4)c2C)c(Cl)c1.[C-]#[N+]c1ccc(Nc2ncnc(OC3C4COCC3CN(C(=O)OCC3(OC)CC3)C4)c2C)c(Cl)c1. The van der Waals surface area contributed by atoms with Crippen LogP contribution in [-0.4, -0.2) is 157 Å². The standard InChI is InChI=1S/C25H28ClN5O5.C19H20ClN5O2.C10H13NO6/c1-15-22(30-20-5-4-18(27-2)8-19(20)26)28-14-29-23(15)36-21-16-9-31(10-17(21)12-34-11-16)24(32)35-13-25(33-3)6-7-25;1-11-18(25-16-4-3-14(21-2)5-15(16)20)23-10-24-19(11)27-17-12-6-22-7-13(17)9-26-8-12;1-15-10(4-5-10)6-16-9(14)17-11-7(12)2-3-8(11)13/h4-5,8,14,16-17,21H,6-7,9-13H2,1,3H3,(H,28,29,30);3-5,10,12-13,17,22H,6-9H2,1H3,(H,23,24,25);2-6H2,1H3. The van der Waals surface area contributed by atoms with Gasteiger partial charge in [-0.05, 0) is 63.8 Å². The molecule has 7 fully saturated rings. The molecule has 2 aromatic carbocycles. The maximum absolute atomic E-state index is 12.7. The van der Waals surface area contributed by atoms with Crippen LogP contribution in [-0.2, 0) is 42.8 Å². The lowest BCUT2D eigenvalue weighted by Crippen LogP contribution is -2.58. The summed E-state index contributed by atoms with van der Waals surface area (Å²) in [5.41, 5.74) is 3.13. The number of hydroxylamine groups is 2. The van der Waals surface area contributed by atoms with Gasteiger partial charge in [0.05, 0.1) is 72.1 Å². The van der Waals surface area contributed by atoms with Gasteiger partial charge in [0.1, 0.15) is 60.9 Å². The van der Waals surface area contributed by atoms with Gasteiger partial charge >= 0.3 is 12.2 Å². The van der Waals surface area contributed by atoms with Crippen LogP contribution in [0.3, 0.4) is 0 Å². The Morgan fingerprint density at radius 3 is 1.59 bits per heavy atom. The van der Waals surface area contributed by atoms with Gasteiger partial charge in [-0.1, -0.05) is 40.4 Å². The van der Waals surface area contributed by atoms with Crippen LogP contribution in [0.1, 0.15) is 49.7 Å². The summed E-state index contributed by atoms with van der Waals surface area (Å²) in [4.78, 5) is 76.7. The fourth-order valence-electron chi connectivity index (χ4n) is 9.73. The van der Waals surface area contributed by atoms with Gasteiger partial charge in [-0.2, -0.15) is 0 Å². The zero-order valence-corrected chi connectivity index (χ0v) is 46.0. The Balaban J connectivity index is 0.000000155. The molecule has 4 atom stereocenters. The number of ether oxygens (including phenoxy) is 8. The van der Waals surface area contributed by atoms with E-state index in [-0.39, 0.29) is 61.8 Å². The third-order valence-corrected chi connectivity index (χ3v) is 15.6. The minimum Gasteiger partial charge on any atom is -0.473 e. The number of methoxy groups -OCH3 is 2. The number of nitrogens with zero attached hydrogens (tertiary/aromatic N) is 8. The van der Waals surface area contributed by atoms with Crippen molar-refractivity contribution in [2.75, 3.05) is 90.7 Å². The van der Waals surface area contributed by atoms with E-state index in [1.165, 1.54) is 19.8 Å².